The van der Waals surface area contributed by atoms with Crippen molar-refractivity contribution in [2.75, 3.05) is 26.2 Å². The van der Waals surface area contributed by atoms with Gasteiger partial charge in [-0.2, -0.15) is 0 Å². The zero-order valence-electron chi connectivity index (χ0n) is 18.2. The van der Waals surface area contributed by atoms with E-state index in [0.29, 0.717) is 11.7 Å². The quantitative estimate of drug-likeness (QED) is 0.463. The van der Waals surface area contributed by atoms with E-state index in [-0.39, 0.29) is 5.91 Å². The molecule has 1 fully saturated rings. The van der Waals surface area contributed by atoms with Crippen LogP contribution in [0.1, 0.15) is 25.1 Å². The first kappa shape index (κ1) is 22.1. The molecule has 6 heteroatoms. The molecule has 0 unspecified atom stereocenters. The van der Waals surface area contributed by atoms with E-state index in [1.165, 1.54) is 10.5 Å². The van der Waals surface area contributed by atoms with Crippen LogP contribution in [-0.4, -0.2) is 52.1 Å². The summed E-state index contributed by atoms with van der Waals surface area (Å²) in [5, 5.41) is 3.79. The van der Waals surface area contributed by atoms with Crippen molar-refractivity contribution in [1.82, 2.24) is 14.8 Å². The summed E-state index contributed by atoms with van der Waals surface area (Å²) in [4.78, 5) is 23.2. The third-order valence-corrected chi connectivity index (χ3v) is 7.29. The van der Waals surface area contributed by atoms with Crippen LogP contribution in [0, 0.1) is 0 Å². The number of hydrogen-bond acceptors (Lipinski definition) is 5. The van der Waals surface area contributed by atoms with Crippen LogP contribution in [-0.2, 0) is 17.8 Å². The average Bonchev–Trinajstić information content (AvgIpc) is 3.24. The maximum absolute atomic E-state index is 12.7. The number of rotatable bonds is 7. The number of carbonyl (C=O) groups is 1. The van der Waals surface area contributed by atoms with Gasteiger partial charge in [-0.15, -0.1) is 23.1 Å². The Kier molecular flexibility index (Phi) is 7.43. The number of carbonyl (C=O) groups excluding carboxylic acids is 1. The van der Waals surface area contributed by atoms with Crippen LogP contribution >= 0.6 is 23.1 Å². The lowest BCUT2D eigenvalue weighted by Crippen LogP contribution is -2.48. The minimum Gasteiger partial charge on any atom is -0.340 e. The predicted molar refractivity (Wildman–Crippen MR) is 131 cm³/mol. The summed E-state index contributed by atoms with van der Waals surface area (Å²) in [6.45, 7) is 8.60. The summed E-state index contributed by atoms with van der Waals surface area (Å²) in [7, 11) is 0. The summed E-state index contributed by atoms with van der Waals surface area (Å²) in [6.07, 6.45) is 0.485. The van der Waals surface area contributed by atoms with Gasteiger partial charge in [0.25, 0.3) is 0 Å². The molecule has 1 amide bonds. The van der Waals surface area contributed by atoms with Gasteiger partial charge >= 0.3 is 0 Å². The Morgan fingerprint density at radius 2 is 1.74 bits per heavy atom. The van der Waals surface area contributed by atoms with E-state index < -0.39 is 0 Å². The van der Waals surface area contributed by atoms with Crippen LogP contribution in [0.2, 0.25) is 0 Å². The van der Waals surface area contributed by atoms with Gasteiger partial charge in [-0.05, 0) is 17.7 Å². The van der Waals surface area contributed by atoms with Crippen molar-refractivity contribution in [2.45, 2.75) is 37.0 Å². The first-order chi connectivity index (χ1) is 15.1. The molecule has 1 aliphatic rings. The lowest BCUT2D eigenvalue weighted by molar-refractivity contribution is -0.132. The van der Waals surface area contributed by atoms with E-state index in [1.54, 1.807) is 11.3 Å². The molecule has 1 aliphatic heterocycles. The van der Waals surface area contributed by atoms with Crippen molar-refractivity contribution in [2.24, 2.45) is 0 Å². The molecule has 0 aliphatic carbocycles. The fraction of sp³-hybridized carbons (Fsp3) is 0.360. The molecule has 2 heterocycles. The number of thioether (sulfide) groups is 1. The van der Waals surface area contributed by atoms with Gasteiger partial charge in [-0.25, -0.2) is 4.98 Å². The van der Waals surface area contributed by atoms with Gasteiger partial charge in [0, 0.05) is 53.8 Å². The van der Waals surface area contributed by atoms with Gasteiger partial charge in [0.2, 0.25) is 5.91 Å². The van der Waals surface area contributed by atoms with Gasteiger partial charge in [0.1, 0.15) is 5.01 Å². The molecule has 31 heavy (non-hydrogen) atoms. The summed E-state index contributed by atoms with van der Waals surface area (Å²) in [6, 6.07) is 18.8. The molecule has 162 valence electrons. The summed E-state index contributed by atoms with van der Waals surface area (Å²) in [5.74, 6) is 0.226. The molecule has 1 saturated heterocycles. The van der Waals surface area contributed by atoms with Crippen LogP contribution in [0.5, 0.6) is 0 Å². The highest BCUT2D eigenvalue weighted by Gasteiger charge is 2.22. The second-order valence-corrected chi connectivity index (χ2v) is 10.7. The number of amides is 1. The van der Waals surface area contributed by atoms with Gasteiger partial charge in [0.15, 0.2) is 0 Å². The van der Waals surface area contributed by atoms with Crippen LogP contribution in [0.25, 0.3) is 10.6 Å². The van der Waals surface area contributed by atoms with Crippen molar-refractivity contribution in [3.05, 3.63) is 71.2 Å². The van der Waals surface area contributed by atoms with Gasteiger partial charge in [-0.1, -0.05) is 56.3 Å². The first-order valence-electron chi connectivity index (χ1n) is 10.8. The van der Waals surface area contributed by atoms with E-state index >= 15 is 0 Å². The normalized spacial score (nSPS) is 14.9. The van der Waals surface area contributed by atoms with Crippen LogP contribution in [0.4, 0.5) is 0 Å². The Hall–Kier alpha value is -2.15. The maximum atomic E-state index is 12.7. The second kappa shape index (κ2) is 10.4. The zero-order chi connectivity index (χ0) is 21.6. The molecule has 4 rings (SSSR count). The zero-order valence-corrected chi connectivity index (χ0v) is 19.8. The van der Waals surface area contributed by atoms with E-state index in [0.717, 1.165) is 49.0 Å². The van der Waals surface area contributed by atoms with Crippen molar-refractivity contribution in [3.63, 3.8) is 0 Å². The fourth-order valence-electron chi connectivity index (χ4n) is 3.72. The Morgan fingerprint density at radius 3 is 2.42 bits per heavy atom. The van der Waals surface area contributed by atoms with Crippen molar-refractivity contribution >= 4 is 29.0 Å². The van der Waals surface area contributed by atoms with E-state index in [4.69, 9.17) is 4.98 Å². The Balaban J connectivity index is 1.25. The number of hydrogen-bond donors (Lipinski definition) is 0. The summed E-state index contributed by atoms with van der Waals surface area (Å²) >= 11 is 3.55. The highest BCUT2D eigenvalue weighted by molar-refractivity contribution is 7.99. The van der Waals surface area contributed by atoms with E-state index in [9.17, 15) is 4.79 Å². The maximum Gasteiger partial charge on any atom is 0.227 e. The minimum absolute atomic E-state index is 0.226. The number of benzene rings is 2. The monoisotopic (exact) mass is 451 g/mol. The van der Waals surface area contributed by atoms with Gasteiger partial charge < -0.3 is 4.90 Å². The predicted octanol–water partition coefficient (Wildman–Crippen LogP) is 5.20. The van der Waals surface area contributed by atoms with Gasteiger partial charge in [0.05, 0.1) is 12.1 Å². The molecular formula is C25H29N3OS2. The van der Waals surface area contributed by atoms with Crippen LogP contribution in [0.3, 0.4) is 0 Å². The standard InChI is InChI=1S/C25H29N3OS2/c1-19(2)31-23-10-8-20(9-11-23)16-24(29)28-14-12-27(13-15-28)17-22-18-30-25(26-22)21-6-4-3-5-7-21/h3-11,18-19H,12-17H2,1-2H3. The lowest BCUT2D eigenvalue weighted by atomic mass is 10.1. The Labute approximate surface area is 193 Å². The Bertz CT molecular complexity index is 978. The minimum atomic E-state index is 0.226. The number of piperazine rings is 1. The molecule has 1 aromatic heterocycles. The SMILES string of the molecule is CC(C)Sc1ccc(CC(=O)N2CCN(Cc3csc(-c4ccccc4)n3)CC2)cc1. The number of thiazole rings is 1. The van der Waals surface area contributed by atoms with E-state index in [1.807, 2.05) is 34.9 Å². The van der Waals surface area contributed by atoms with Crippen LogP contribution < -0.4 is 0 Å². The van der Waals surface area contributed by atoms with Gasteiger partial charge in [-0.3, -0.25) is 9.69 Å². The summed E-state index contributed by atoms with van der Waals surface area (Å²) in [5.41, 5.74) is 3.38. The van der Waals surface area contributed by atoms with Crippen molar-refractivity contribution in [1.29, 1.82) is 0 Å². The highest BCUT2D eigenvalue weighted by atomic mass is 32.2. The molecule has 0 atom stereocenters. The molecule has 2 aromatic carbocycles. The van der Waals surface area contributed by atoms with E-state index in [2.05, 4.69) is 60.5 Å². The average molecular weight is 452 g/mol. The molecule has 3 aromatic rings. The molecule has 0 radical (unpaired) electrons. The first-order valence-corrected chi connectivity index (χ1v) is 12.6. The third kappa shape index (κ3) is 6.19. The van der Waals surface area contributed by atoms with Crippen LogP contribution in [0.15, 0.2) is 64.9 Å². The largest absolute Gasteiger partial charge is 0.340 e. The number of aromatic nitrogens is 1. The third-order valence-electron chi connectivity index (χ3n) is 5.33. The topological polar surface area (TPSA) is 36.4 Å². The molecule has 4 nitrogen and oxygen atoms in total. The molecule has 0 saturated carbocycles. The Morgan fingerprint density at radius 1 is 1.03 bits per heavy atom. The molecule has 0 bridgehead atoms. The van der Waals surface area contributed by atoms with Crippen molar-refractivity contribution < 1.29 is 4.79 Å². The fourth-order valence-corrected chi connectivity index (χ4v) is 5.38. The molecule has 0 spiro atoms. The second-order valence-electron chi connectivity index (χ2n) is 8.15. The smallest absolute Gasteiger partial charge is 0.227 e. The summed E-state index contributed by atoms with van der Waals surface area (Å²) < 4.78 is 0. The molecular weight excluding hydrogens is 422 g/mol. The molecule has 0 N–H and O–H groups in total. The highest BCUT2D eigenvalue weighted by Crippen LogP contribution is 2.25. The van der Waals surface area contributed by atoms with Crippen molar-refractivity contribution in [3.8, 4) is 10.6 Å². The lowest BCUT2D eigenvalue weighted by Gasteiger charge is -2.34. The number of nitrogens with zero attached hydrogens (tertiary/aromatic N) is 3.